The number of hydrogen-bond donors (Lipinski definition) is 0. The van der Waals surface area contributed by atoms with Gasteiger partial charge < -0.3 is 14.2 Å². The minimum absolute atomic E-state index is 0.0390. The van der Waals surface area contributed by atoms with Crippen LogP contribution in [0, 0.1) is 0 Å². The van der Waals surface area contributed by atoms with Crippen LogP contribution in [0.5, 0.6) is 5.75 Å². The van der Waals surface area contributed by atoms with Crippen LogP contribution in [-0.4, -0.2) is 57.1 Å². The first-order chi connectivity index (χ1) is 19.6. The van der Waals surface area contributed by atoms with Gasteiger partial charge in [0.05, 0.1) is 13.7 Å². The number of carbonyl (C=O) groups excluding carboxylic acids is 2. The van der Waals surface area contributed by atoms with Crippen LogP contribution >= 0.6 is 0 Å². The Labute approximate surface area is 239 Å². The van der Waals surface area contributed by atoms with Crippen molar-refractivity contribution in [3.8, 4) is 5.75 Å². The number of unbranched alkanes of at least 4 members (excludes halogenated alkanes) is 4. The van der Waals surface area contributed by atoms with Crippen molar-refractivity contribution in [1.82, 2.24) is 4.90 Å². The van der Waals surface area contributed by atoms with Crippen molar-refractivity contribution in [1.29, 1.82) is 0 Å². The van der Waals surface area contributed by atoms with Crippen molar-refractivity contribution in [2.75, 3.05) is 40.5 Å². The Bertz CT molecular complexity index is 1150. The van der Waals surface area contributed by atoms with Crippen molar-refractivity contribution < 1.29 is 23.8 Å². The number of rotatable bonds is 19. The van der Waals surface area contributed by atoms with E-state index in [0.29, 0.717) is 17.9 Å². The first-order valence-corrected chi connectivity index (χ1v) is 14.3. The second-order valence-electron chi connectivity index (χ2n) is 10.1. The number of hydrogen-bond acceptors (Lipinski definition) is 6. The standard InChI is InChI=1S/C34H43NO5/c1-35(22-12-3-4-13-23-39-24-14-11-17-28-15-7-5-8-16-28)26-32(36)30-20-21-33(31(25-30)34(37)38-2)40-27-29-18-9-6-10-19-29/h5-10,15-16,18-21,25H,3-4,11-14,17,22-24,26-27H2,1-2H3. The number of ketones is 1. The molecule has 0 N–H and O–H groups in total. The van der Waals surface area contributed by atoms with Crippen LogP contribution in [0.1, 0.15) is 70.4 Å². The van der Waals surface area contributed by atoms with Crippen molar-refractivity contribution in [2.45, 2.75) is 51.6 Å². The zero-order valence-electron chi connectivity index (χ0n) is 24.0. The molecule has 0 saturated heterocycles. The normalized spacial score (nSPS) is 11.0. The van der Waals surface area contributed by atoms with Gasteiger partial charge in [-0.05, 0) is 75.0 Å². The van der Waals surface area contributed by atoms with Gasteiger partial charge in [-0.2, -0.15) is 0 Å². The zero-order valence-corrected chi connectivity index (χ0v) is 24.0. The van der Waals surface area contributed by atoms with Crippen LogP contribution in [0.3, 0.4) is 0 Å². The molecule has 0 unspecified atom stereocenters. The van der Waals surface area contributed by atoms with Gasteiger partial charge in [-0.15, -0.1) is 0 Å². The van der Waals surface area contributed by atoms with E-state index in [-0.39, 0.29) is 17.9 Å². The summed E-state index contributed by atoms with van der Waals surface area (Å²) in [6.45, 7) is 3.09. The molecule has 3 aromatic carbocycles. The Morgan fingerprint density at radius 1 is 0.750 bits per heavy atom. The molecule has 0 aliphatic carbocycles. The van der Waals surface area contributed by atoms with E-state index in [4.69, 9.17) is 14.2 Å². The molecule has 0 spiro atoms. The number of benzene rings is 3. The monoisotopic (exact) mass is 545 g/mol. The highest BCUT2D eigenvalue weighted by molar-refractivity contribution is 6.01. The predicted molar refractivity (Wildman–Crippen MR) is 159 cm³/mol. The van der Waals surface area contributed by atoms with Crippen molar-refractivity contribution in [3.05, 3.63) is 101 Å². The molecular weight excluding hydrogens is 502 g/mol. The maximum atomic E-state index is 12.9. The van der Waals surface area contributed by atoms with Crippen LogP contribution in [0.15, 0.2) is 78.9 Å². The maximum Gasteiger partial charge on any atom is 0.341 e. The molecule has 3 rings (SSSR count). The lowest BCUT2D eigenvalue weighted by Crippen LogP contribution is -2.27. The third kappa shape index (κ3) is 11.3. The van der Waals surface area contributed by atoms with Crippen LogP contribution in [-0.2, 0) is 22.5 Å². The van der Waals surface area contributed by atoms with E-state index in [2.05, 4.69) is 30.3 Å². The Balaban J connectivity index is 1.30. The lowest BCUT2D eigenvalue weighted by atomic mass is 10.1. The van der Waals surface area contributed by atoms with Gasteiger partial charge in [0.1, 0.15) is 17.9 Å². The quantitative estimate of drug-likeness (QED) is 0.0941. The van der Waals surface area contributed by atoms with Gasteiger partial charge in [0, 0.05) is 18.8 Å². The van der Waals surface area contributed by atoms with E-state index in [9.17, 15) is 9.59 Å². The average molecular weight is 546 g/mol. The number of nitrogens with zero attached hydrogens (tertiary/aromatic N) is 1. The fraction of sp³-hybridized carbons (Fsp3) is 0.412. The van der Waals surface area contributed by atoms with Crippen LogP contribution in [0.4, 0.5) is 0 Å². The molecule has 0 saturated carbocycles. The third-order valence-electron chi connectivity index (χ3n) is 6.78. The van der Waals surface area contributed by atoms with Crippen LogP contribution in [0.2, 0.25) is 0 Å². The van der Waals surface area contributed by atoms with Crippen molar-refractivity contribution in [3.63, 3.8) is 0 Å². The highest BCUT2D eigenvalue weighted by Gasteiger charge is 2.18. The molecule has 214 valence electrons. The number of Topliss-reactive ketones (excluding diaryl/α,β-unsaturated/α-hetero) is 1. The number of likely N-dealkylation sites (N-methyl/N-ethyl adjacent to an activating group) is 1. The van der Waals surface area contributed by atoms with E-state index in [1.54, 1.807) is 18.2 Å². The lowest BCUT2D eigenvalue weighted by molar-refractivity contribution is 0.0595. The zero-order chi connectivity index (χ0) is 28.4. The summed E-state index contributed by atoms with van der Waals surface area (Å²) in [6, 6.07) is 25.3. The molecule has 6 nitrogen and oxygen atoms in total. The highest BCUT2D eigenvalue weighted by atomic mass is 16.5. The molecule has 0 aromatic heterocycles. The van der Waals surface area contributed by atoms with E-state index in [1.165, 1.54) is 12.7 Å². The Morgan fingerprint density at radius 2 is 1.40 bits per heavy atom. The van der Waals surface area contributed by atoms with Gasteiger partial charge in [-0.25, -0.2) is 4.79 Å². The molecule has 3 aromatic rings. The second kappa shape index (κ2) is 18.0. The molecule has 0 aliphatic rings. The largest absolute Gasteiger partial charge is 0.488 e. The number of esters is 1. The van der Waals surface area contributed by atoms with Gasteiger partial charge in [0.15, 0.2) is 5.78 Å². The van der Waals surface area contributed by atoms with Crippen LogP contribution in [0.25, 0.3) is 0 Å². The second-order valence-corrected chi connectivity index (χ2v) is 10.1. The minimum atomic E-state index is -0.526. The molecule has 0 amide bonds. The van der Waals surface area contributed by atoms with E-state index in [0.717, 1.165) is 70.3 Å². The third-order valence-corrected chi connectivity index (χ3v) is 6.78. The van der Waals surface area contributed by atoms with Gasteiger partial charge in [-0.1, -0.05) is 73.5 Å². The molecule has 6 heteroatoms. The van der Waals surface area contributed by atoms with Gasteiger partial charge in [0.25, 0.3) is 0 Å². The minimum Gasteiger partial charge on any atom is -0.488 e. The Morgan fingerprint density at radius 3 is 2.10 bits per heavy atom. The summed E-state index contributed by atoms with van der Waals surface area (Å²) in [5, 5.41) is 0. The van der Waals surface area contributed by atoms with Gasteiger partial charge in [-0.3, -0.25) is 9.69 Å². The summed E-state index contributed by atoms with van der Waals surface area (Å²) < 4.78 is 16.6. The summed E-state index contributed by atoms with van der Waals surface area (Å²) in [5.74, 6) is -0.165. The number of ether oxygens (including phenoxy) is 3. The average Bonchev–Trinajstić information content (AvgIpc) is 2.99. The predicted octanol–water partition coefficient (Wildman–Crippen LogP) is 6.77. The Kier molecular flexibility index (Phi) is 14.0. The van der Waals surface area contributed by atoms with Crippen LogP contribution < -0.4 is 4.74 Å². The van der Waals surface area contributed by atoms with Gasteiger partial charge >= 0.3 is 5.97 Å². The summed E-state index contributed by atoms with van der Waals surface area (Å²) in [5.41, 5.74) is 3.11. The summed E-state index contributed by atoms with van der Waals surface area (Å²) in [7, 11) is 3.28. The lowest BCUT2D eigenvalue weighted by Gasteiger charge is -2.16. The van der Waals surface area contributed by atoms with Gasteiger partial charge in [0.2, 0.25) is 0 Å². The number of methoxy groups -OCH3 is 1. The van der Waals surface area contributed by atoms with Crippen molar-refractivity contribution >= 4 is 11.8 Å². The van der Waals surface area contributed by atoms with E-state index < -0.39 is 5.97 Å². The van der Waals surface area contributed by atoms with E-state index in [1.807, 2.05) is 42.3 Å². The first kappa shape index (κ1) is 31.1. The molecular formula is C34H43NO5. The smallest absolute Gasteiger partial charge is 0.341 e. The van der Waals surface area contributed by atoms with E-state index >= 15 is 0 Å². The molecule has 0 atom stereocenters. The fourth-order valence-corrected chi connectivity index (χ4v) is 4.47. The maximum absolute atomic E-state index is 12.9. The number of aryl methyl sites for hydroxylation is 1. The molecule has 0 radical (unpaired) electrons. The molecule has 40 heavy (non-hydrogen) atoms. The highest BCUT2D eigenvalue weighted by Crippen LogP contribution is 2.23. The first-order valence-electron chi connectivity index (χ1n) is 14.3. The molecule has 0 bridgehead atoms. The molecule has 0 fully saturated rings. The Hall–Kier alpha value is -3.48. The summed E-state index contributed by atoms with van der Waals surface area (Å²) in [6.07, 6.45) is 7.69. The molecule has 0 heterocycles. The topological polar surface area (TPSA) is 65.1 Å². The SMILES string of the molecule is COC(=O)c1cc(C(=O)CN(C)CCCCCCOCCCCc2ccccc2)ccc1OCc1ccccc1. The molecule has 0 aliphatic heterocycles. The summed E-state index contributed by atoms with van der Waals surface area (Å²) in [4.78, 5) is 27.3. The summed E-state index contributed by atoms with van der Waals surface area (Å²) >= 11 is 0. The fourth-order valence-electron chi connectivity index (χ4n) is 4.47. The van der Waals surface area contributed by atoms with Crippen molar-refractivity contribution in [2.24, 2.45) is 0 Å². The number of carbonyl (C=O) groups is 2.